The van der Waals surface area contributed by atoms with E-state index in [4.69, 9.17) is 12.2 Å². The molecule has 0 N–H and O–H groups in total. The largest absolute Gasteiger partial charge is 0.0795 e. The SMILES string of the molecule is CCCCCCCCCCCCCCc1ccc(C(=S)C=Cc2cc(CCC)c(CCC)c(CCC)c2)cc1. The van der Waals surface area contributed by atoms with Crippen LogP contribution in [0.25, 0.3) is 6.08 Å². The van der Waals surface area contributed by atoms with Crippen LogP contribution in [0.5, 0.6) is 0 Å². The van der Waals surface area contributed by atoms with Crippen molar-refractivity contribution in [2.45, 2.75) is 150 Å². The number of benzene rings is 2. The summed E-state index contributed by atoms with van der Waals surface area (Å²) in [6.07, 6.45) is 29.5. The number of aryl methyl sites for hydroxylation is 3. The van der Waals surface area contributed by atoms with E-state index in [0.29, 0.717) is 0 Å². The van der Waals surface area contributed by atoms with Crippen LogP contribution in [0.1, 0.15) is 157 Å². The molecular formula is C38H58S. The molecule has 0 saturated carbocycles. The van der Waals surface area contributed by atoms with Gasteiger partial charge >= 0.3 is 0 Å². The zero-order valence-electron chi connectivity index (χ0n) is 26.0. The molecule has 0 bridgehead atoms. The predicted octanol–water partition coefficient (Wildman–Crippen LogP) is 12.2. The van der Waals surface area contributed by atoms with Gasteiger partial charge in [-0.15, -0.1) is 0 Å². The molecule has 0 aliphatic rings. The maximum Gasteiger partial charge on any atom is 0.0449 e. The average molecular weight is 547 g/mol. The first-order valence-corrected chi connectivity index (χ1v) is 17.0. The van der Waals surface area contributed by atoms with Crippen LogP contribution in [0.15, 0.2) is 42.5 Å². The third-order valence-electron chi connectivity index (χ3n) is 7.98. The molecule has 0 heterocycles. The molecule has 0 radical (unpaired) electrons. The normalized spacial score (nSPS) is 11.5. The highest BCUT2D eigenvalue weighted by molar-refractivity contribution is 7.81. The Morgan fingerprint density at radius 2 is 1.05 bits per heavy atom. The molecule has 39 heavy (non-hydrogen) atoms. The smallest absolute Gasteiger partial charge is 0.0449 e. The van der Waals surface area contributed by atoms with Crippen molar-refractivity contribution in [3.8, 4) is 0 Å². The van der Waals surface area contributed by atoms with Crippen LogP contribution in [0, 0.1) is 0 Å². The zero-order chi connectivity index (χ0) is 28.1. The van der Waals surface area contributed by atoms with E-state index in [1.807, 2.05) is 0 Å². The highest BCUT2D eigenvalue weighted by Gasteiger charge is 2.09. The van der Waals surface area contributed by atoms with Gasteiger partial charge in [-0.3, -0.25) is 0 Å². The number of rotatable bonds is 22. The summed E-state index contributed by atoms with van der Waals surface area (Å²) in [4.78, 5) is 0.929. The topological polar surface area (TPSA) is 0 Å². The van der Waals surface area contributed by atoms with Crippen molar-refractivity contribution in [1.29, 1.82) is 0 Å². The standard InChI is InChI=1S/C38H58S/c1-5-9-10-11-12-13-14-15-16-17-18-19-23-32-24-27-34(28-25-32)38(39)29-26-33-30-35(20-6-2)37(22-8-4)36(31-33)21-7-3/h24-31H,5-23H2,1-4H3. The molecule has 0 aliphatic carbocycles. The highest BCUT2D eigenvalue weighted by Crippen LogP contribution is 2.24. The molecular weight excluding hydrogens is 488 g/mol. The molecule has 0 nitrogen and oxygen atoms in total. The molecule has 0 aromatic heterocycles. The van der Waals surface area contributed by atoms with Crippen molar-refractivity contribution in [2.75, 3.05) is 0 Å². The zero-order valence-corrected chi connectivity index (χ0v) is 26.8. The van der Waals surface area contributed by atoms with Gasteiger partial charge in [0.25, 0.3) is 0 Å². The fraction of sp³-hybridized carbons (Fsp3) is 0.605. The van der Waals surface area contributed by atoms with E-state index in [1.54, 1.807) is 5.56 Å². The maximum atomic E-state index is 5.80. The summed E-state index contributed by atoms with van der Waals surface area (Å²) in [5.74, 6) is 0. The van der Waals surface area contributed by atoms with Crippen molar-refractivity contribution in [2.24, 2.45) is 0 Å². The van der Waals surface area contributed by atoms with E-state index in [1.165, 1.54) is 144 Å². The molecule has 2 aromatic rings. The van der Waals surface area contributed by atoms with Crippen LogP contribution < -0.4 is 0 Å². The molecule has 0 saturated heterocycles. The Bertz CT molecular complexity index is 922. The Labute approximate surface area is 248 Å². The molecule has 0 unspecified atom stereocenters. The third-order valence-corrected chi connectivity index (χ3v) is 8.35. The van der Waals surface area contributed by atoms with Gasteiger partial charge in [-0.1, -0.05) is 172 Å². The van der Waals surface area contributed by atoms with Crippen LogP contribution in [0.2, 0.25) is 0 Å². The maximum absolute atomic E-state index is 5.80. The van der Waals surface area contributed by atoms with Gasteiger partial charge < -0.3 is 0 Å². The lowest BCUT2D eigenvalue weighted by molar-refractivity contribution is 0.544. The second-order valence-corrected chi connectivity index (χ2v) is 12.0. The van der Waals surface area contributed by atoms with Crippen molar-refractivity contribution in [1.82, 2.24) is 0 Å². The number of hydrogen-bond donors (Lipinski definition) is 0. The van der Waals surface area contributed by atoms with Crippen LogP contribution in [0.3, 0.4) is 0 Å². The van der Waals surface area contributed by atoms with E-state index in [9.17, 15) is 0 Å². The summed E-state index contributed by atoms with van der Waals surface area (Å²) < 4.78 is 0. The fourth-order valence-electron chi connectivity index (χ4n) is 5.75. The lowest BCUT2D eigenvalue weighted by atomic mass is 9.90. The average Bonchev–Trinajstić information content (AvgIpc) is 2.94. The second-order valence-electron chi connectivity index (χ2n) is 11.6. The molecule has 0 fully saturated rings. The minimum Gasteiger partial charge on any atom is -0.0795 e. The number of unbranched alkanes of at least 4 members (excludes halogenated alkanes) is 11. The van der Waals surface area contributed by atoms with E-state index < -0.39 is 0 Å². The van der Waals surface area contributed by atoms with Gasteiger partial charge in [0.15, 0.2) is 0 Å². The lowest BCUT2D eigenvalue weighted by Crippen LogP contribution is -2.02. The Morgan fingerprint density at radius 3 is 1.54 bits per heavy atom. The van der Waals surface area contributed by atoms with Crippen LogP contribution in [-0.2, 0) is 25.7 Å². The molecule has 0 aliphatic heterocycles. The van der Waals surface area contributed by atoms with Crippen molar-refractivity contribution >= 4 is 23.2 Å². The summed E-state index contributed by atoms with van der Waals surface area (Å²) in [6, 6.07) is 13.8. The van der Waals surface area contributed by atoms with Crippen LogP contribution in [0.4, 0.5) is 0 Å². The molecule has 216 valence electrons. The van der Waals surface area contributed by atoms with Gasteiger partial charge in [0, 0.05) is 4.86 Å². The van der Waals surface area contributed by atoms with Crippen LogP contribution in [-0.4, -0.2) is 4.86 Å². The quantitative estimate of drug-likeness (QED) is 0.0612. The summed E-state index contributed by atoms with van der Waals surface area (Å²) in [5.41, 5.74) is 8.58. The molecule has 0 amide bonds. The van der Waals surface area contributed by atoms with E-state index in [0.717, 1.165) is 10.4 Å². The number of thiocarbonyl (C=S) groups is 1. The Morgan fingerprint density at radius 1 is 0.564 bits per heavy atom. The van der Waals surface area contributed by atoms with Crippen molar-refractivity contribution in [3.05, 3.63) is 75.9 Å². The molecule has 2 aromatic carbocycles. The Balaban J connectivity index is 1.78. The third kappa shape index (κ3) is 13.5. The number of allylic oxidation sites excluding steroid dienone is 1. The minimum absolute atomic E-state index is 0.929. The van der Waals surface area contributed by atoms with Crippen LogP contribution >= 0.6 is 12.2 Å². The van der Waals surface area contributed by atoms with Gasteiger partial charge in [-0.25, -0.2) is 0 Å². The van der Waals surface area contributed by atoms with Crippen molar-refractivity contribution < 1.29 is 0 Å². The fourth-order valence-corrected chi connectivity index (χ4v) is 5.95. The first-order chi connectivity index (χ1) is 19.1. The van der Waals surface area contributed by atoms with E-state index in [2.05, 4.69) is 76.2 Å². The van der Waals surface area contributed by atoms with E-state index >= 15 is 0 Å². The first-order valence-electron chi connectivity index (χ1n) is 16.6. The van der Waals surface area contributed by atoms with E-state index in [-0.39, 0.29) is 0 Å². The summed E-state index contributed by atoms with van der Waals surface area (Å²) in [5, 5.41) is 0. The predicted molar refractivity (Wildman–Crippen MR) is 180 cm³/mol. The number of hydrogen-bond acceptors (Lipinski definition) is 1. The van der Waals surface area contributed by atoms with Gasteiger partial charge in [0.2, 0.25) is 0 Å². The lowest BCUT2D eigenvalue weighted by Gasteiger charge is -2.16. The molecule has 0 spiro atoms. The first kappa shape index (κ1) is 33.5. The Kier molecular flexibility index (Phi) is 18.1. The summed E-state index contributed by atoms with van der Waals surface area (Å²) in [6.45, 7) is 9.16. The molecule has 1 heteroatoms. The summed E-state index contributed by atoms with van der Waals surface area (Å²) in [7, 11) is 0. The monoisotopic (exact) mass is 546 g/mol. The Hall–Kier alpha value is -1.73. The molecule has 0 atom stereocenters. The molecule has 2 rings (SSSR count). The van der Waals surface area contributed by atoms with Gasteiger partial charge in [0.1, 0.15) is 0 Å². The highest BCUT2D eigenvalue weighted by atomic mass is 32.1. The second kappa shape index (κ2) is 21.1. The van der Waals surface area contributed by atoms with Gasteiger partial charge in [0.05, 0.1) is 0 Å². The summed E-state index contributed by atoms with van der Waals surface area (Å²) >= 11 is 5.80. The van der Waals surface area contributed by atoms with Crippen molar-refractivity contribution in [3.63, 3.8) is 0 Å². The van der Waals surface area contributed by atoms with Gasteiger partial charge in [-0.2, -0.15) is 0 Å². The minimum atomic E-state index is 0.929. The van der Waals surface area contributed by atoms with Gasteiger partial charge in [-0.05, 0) is 71.6 Å².